The molecule has 1 aromatic carbocycles. The number of amides is 2. The van der Waals surface area contributed by atoms with E-state index >= 15 is 0 Å². The number of carbonyl (C=O) groups excluding carboxylic acids is 3. The summed E-state index contributed by atoms with van der Waals surface area (Å²) in [6.07, 6.45) is 0.899. The lowest BCUT2D eigenvalue weighted by molar-refractivity contribution is -0.118. The van der Waals surface area contributed by atoms with Gasteiger partial charge in [0.05, 0.1) is 11.4 Å². The molecule has 1 heterocycles. The second-order valence-corrected chi connectivity index (χ2v) is 4.91. The minimum Gasteiger partial charge on any atom is -0.370 e. The van der Waals surface area contributed by atoms with Gasteiger partial charge in [-0.3, -0.25) is 14.4 Å². The van der Waals surface area contributed by atoms with Crippen molar-refractivity contribution in [1.29, 1.82) is 0 Å². The molecule has 0 aliphatic carbocycles. The third-order valence-corrected chi connectivity index (χ3v) is 3.67. The molecule has 0 radical (unpaired) electrons. The molecule has 0 saturated heterocycles. The number of primary amides is 1. The topological polar surface area (TPSA) is 80.5 Å². The Kier molecular flexibility index (Phi) is 3.66. The van der Waals surface area contributed by atoms with Crippen LogP contribution >= 0.6 is 11.8 Å². The Morgan fingerprint density at radius 1 is 1.50 bits per heavy atom. The molecule has 0 unspecified atom stereocenters. The Morgan fingerprint density at radius 3 is 2.94 bits per heavy atom. The molecule has 5 nitrogen and oxygen atoms in total. The third-order valence-electron chi connectivity index (χ3n) is 2.64. The van der Waals surface area contributed by atoms with Crippen molar-refractivity contribution in [2.45, 2.75) is 11.3 Å². The van der Waals surface area contributed by atoms with E-state index in [9.17, 15) is 14.4 Å². The van der Waals surface area contributed by atoms with E-state index < -0.39 is 5.91 Å². The molecule has 18 heavy (non-hydrogen) atoms. The van der Waals surface area contributed by atoms with Crippen molar-refractivity contribution in [3.8, 4) is 0 Å². The first-order valence-electron chi connectivity index (χ1n) is 5.42. The van der Waals surface area contributed by atoms with Gasteiger partial charge in [0.15, 0.2) is 0 Å². The summed E-state index contributed by atoms with van der Waals surface area (Å²) in [6, 6.07) is 5.13. The van der Waals surface area contributed by atoms with Gasteiger partial charge in [0.2, 0.25) is 11.8 Å². The average molecular weight is 264 g/mol. The molecule has 0 fully saturated rings. The minimum atomic E-state index is -0.438. The molecule has 2 rings (SSSR count). The fourth-order valence-corrected chi connectivity index (χ4v) is 2.74. The van der Waals surface area contributed by atoms with Crippen LogP contribution in [0.15, 0.2) is 23.1 Å². The molecule has 1 aromatic rings. The van der Waals surface area contributed by atoms with Gasteiger partial charge in [0.25, 0.3) is 0 Å². The molecule has 0 aromatic heterocycles. The summed E-state index contributed by atoms with van der Waals surface area (Å²) in [5.41, 5.74) is 6.41. The highest BCUT2D eigenvalue weighted by molar-refractivity contribution is 8.00. The Morgan fingerprint density at radius 2 is 2.28 bits per heavy atom. The number of fused-ring (bicyclic) bond motifs is 1. The molecule has 2 amide bonds. The van der Waals surface area contributed by atoms with Crippen molar-refractivity contribution in [2.24, 2.45) is 5.73 Å². The van der Waals surface area contributed by atoms with Crippen molar-refractivity contribution in [3.63, 3.8) is 0 Å². The molecule has 0 bridgehead atoms. The van der Waals surface area contributed by atoms with Gasteiger partial charge >= 0.3 is 0 Å². The van der Waals surface area contributed by atoms with Gasteiger partial charge in [-0.15, -0.1) is 11.8 Å². The van der Waals surface area contributed by atoms with E-state index in [1.807, 2.05) is 0 Å². The Balaban J connectivity index is 2.29. The number of rotatable bonds is 4. The lowest BCUT2D eigenvalue weighted by Gasteiger charge is -2.28. The summed E-state index contributed by atoms with van der Waals surface area (Å²) in [5.74, 6) is -0.173. The summed E-state index contributed by atoms with van der Waals surface area (Å²) < 4.78 is 0. The van der Waals surface area contributed by atoms with Crippen molar-refractivity contribution < 1.29 is 14.4 Å². The van der Waals surface area contributed by atoms with Crippen molar-refractivity contribution in [2.75, 3.05) is 17.2 Å². The molecule has 1 aliphatic rings. The summed E-state index contributed by atoms with van der Waals surface area (Å²) in [7, 11) is 0. The Bertz CT molecular complexity index is 516. The number of hydrogen-bond donors (Lipinski definition) is 1. The molecule has 0 atom stereocenters. The number of nitrogens with two attached hydrogens (primary N) is 1. The molecular weight excluding hydrogens is 252 g/mol. The average Bonchev–Trinajstić information content (AvgIpc) is 2.36. The smallest absolute Gasteiger partial charge is 0.237 e. The third kappa shape index (κ3) is 2.53. The monoisotopic (exact) mass is 264 g/mol. The first-order valence-corrected chi connectivity index (χ1v) is 6.41. The zero-order valence-electron chi connectivity index (χ0n) is 9.59. The van der Waals surface area contributed by atoms with Gasteiger partial charge in [-0.1, -0.05) is 0 Å². The molecule has 6 heteroatoms. The molecular formula is C12H12N2O3S. The highest BCUT2D eigenvalue weighted by Gasteiger charge is 2.24. The molecule has 94 valence electrons. The highest BCUT2D eigenvalue weighted by atomic mass is 32.2. The largest absolute Gasteiger partial charge is 0.370 e. The van der Waals surface area contributed by atoms with Gasteiger partial charge in [-0.2, -0.15) is 0 Å². The van der Waals surface area contributed by atoms with Crippen LogP contribution in [-0.2, 0) is 9.59 Å². The van der Waals surface area contributed by atoms with E-state index in [0.717, 1.165) is 16.9 Å². The predicted molar refractivity (Wildman–Crippen MR) is 68.7 cm³/mol. The van der Waals surface area contributed by atoms with Crippen LogP contribution < -0.4 is 10.6 Å². The second kappa shape index (κ2) is 5.22. The first-order chi connectivity index (χ1) is 8.61. The molecule has 1 aliphatic heterocycles. The maximum absolute atomic E-state index is 11.8. The van der Waals surface area contributed by atoms with Crippen LogP contribution in [0.1, 0.15) is 16.8 Å². The van der Waals surface area contributed by atoms with Crippen molar-refractivity contribution in [3.05, 3.63) is 23.8 Å². The predicted octanol–water partition coefficient (Wildman–Crippen LogP) is 0.813. The van der Waals surface area contributed by atoms with Crippen LogP contribution in [0.3, 0.4) is 0 Å². The van der Waals surface area contributed by atoms with E-state index in [1.165, 1.54) is 11.8 Å². The van der Waals surface area contributed by atoms with E-state index in [1.54, 1.807) is 23.1 Å². The number of anilines is 1. The van der Waals surface area contributed by atoms with E-state index in [0.29, 0.717) is 11.3 Å². The van der Waals surface area contributed by atoms with Crippen molar-refractivity contribution in [1.82, 2.24) is 0 Å². The van der Waals surface area contributed by atoms with Crippen LogP contribution in [-0.4, -0.2) is 30.4 Å². The van der Waals surface area contributed by atoms with Crippen LogP contribution in [0, 0.1) is 0 Å². The van der Waals surface area contributed by atoms with E-state index in [4.69, 9.17) is 5.73 Å². The van der Waals surface area contributed by atoms with Crippen LogP contribution in [0.5, 0.6) is 0 Å². The molecule has 0 saturated carbocycles. The number of carbonyl (C=O) groups is 3. The Labute approximate surface area is 108 Å². The number of hydrogen-bond acceptors (Lipinski definition) is 4. The zero-order valence-corrected chi connectivity index (χ0v) is 10.4. The maximum Gasteiger partial charge on any atom is 0.237 e. The second-order valence-electron chi connectivity index (χ2n) is 3.90. The van der Waals surface area contributed by atoms with Gasteiger partial charge in [-0.25, -0.2) is 0 Å². The van der Waals surface area contributed by atoms with Gasteiger partial charge in [0, 0.05) is 23.4 Å². The summed E-state index contributed by atoms with van der Waals surface area (Å²) in [6.45, 7) is 0.280. The number of aldehydes is 1. The standard InChI is InChI=1S/C12H12N2O3S/c13-11(16)3-4-14-9-2-1-8(6-15)5-10(9)18-7-12(14)17/h1-2,5-6H,3-4,7H2,(H2,13,16). The van der Waals surface area contributed by atoms with Gasteiger partial charge in [-0.05, 0) is 18.2 Å². The van der Waals surface area contributed by atoms with Crippen LogP contribution in [0.2, 0.25) is 0 Å². The number of nitrogens with zero attached hydrogens (tertiary/aromatic N) is 1. The van der Waals surface area contributed by atoms with Gasteiger partial charge in [0.1, 0.15) is 6.29 Å². The highest BCUT2D eigenvalue weighted by Crippen LogP contribution is 2.35. The molecule has 2 N–H and O–H groups in total. The quantitative estimate of drug-likeness (QED) is 0.816. The molecule has 0 spiro atoms. The maximum atomic E-state index is 11.8. The number of thioether (sulfide) groups is 1. The summed E-state index contributed by atoms with van der Waals surface area (Å²) in [5, 5.41) is 0. The Hall–Kier alpha value is -1.82. The van der Waals surface area contributed by atoms with Crippen LogP contribution in [0.4, 0.5) is 5.69 Å². The van der Waals surface area contributed by atoms with Crippen LogP contribution in [0.25, 0.3) is 0 Å². The van der Waals surface area contributed by atoms with Gasteiger partial charge < -0.3 is 10.6 Å². The lowest BCUT2D eigenvalue weighted by Crippen LogP contribution is -2.37. The SMILES string of the molecule is NC(=O)CCN1C(=O)CSc2cc(C=O)ccc21. The lowest BCUT2D eigenvalue weighted by atomic mass is 10.2. The summed E-state index contributed by atoms with van der Waals surface area (Å²) >= 11 is 1.40. The number of benzene rings is 1. The normalized spacial score (nSPS) is 14.2. The fourth-order valence-electron chi connectivity index (χ4n) is 1.76. The van der Waals surface area contributed by atoms with E-state index in [2.05, 4.69) is 0 Å². The zero-order chi connectivity index (χ0) is 13.1. The minimum absolute atomic E-state index is 0.0485. The first kappa shape index (κ1) is 12.6. The van der Waals surface area contributed by atoms with E-state index in [-0.39, 0.29) is 18.9 Å². The van der Waals surface area contributed by atoms with Crippen molar-refractivity contribution >= 4 is 35.5 Å². The fraction of sp³-hybridized carbons (Fsp3) is 0.250. The summed E-state index contributed by atoms with van der Waals surface area (Å²) in [4.78, 5) is 35.7.